The van der Waals surface area contributed by atoms with Gasteiger partial charge in [0.15, 0.2) is 0 Å². The smallest absolute Gasteiger partial charge is 0.242 e. The van der Waals surface area contributed by atoms with Gasteiger partial charge in [0.1, 0.15) is 6.04 Å². The Morgan fingerprint density at radius 3 is 2.25 bits per heavy atom. The second kappa shape index (κ2) is 14.7. The van der Waals surface area contributed by atoms with Crippen LogP contribution in [0.1, 0.15) is 41.0 Å². The van der Waals surface area contributed by atoms with E-state index in [1.54, 1.807) is 11.3 Å². The molecule has 0 radical (unpaired) electrons. The van der Waals surface area contributed by atoms with E-state index in [4.69, 9.17) is 17.2 Å². The van der Waals surface area contributed by atoms with Crippen LogP contribution in [0.5, 0.6) is 0 Å². The average Bonchev–Trinajstić information content (AvgIpc) is 3.25. The number of hydrogen-bond acceptors (Lipinski definition) is 6. The third-order valence-electron chi connectivity index (χ3n) is 5.24. The molecule has 0 spiro atoms. The molecule has 0 saturated heterocycles. The maximum absolute atomic E-state index is 12.9. The second-order valence-corrected chi connectivity index (χ2v) is 9.20. The van der Waals surface area contributed by atoms with Crippen LogP contribution in [-0.2, 0) is 28.9 Å². The van der Waals surface area contributed by atoms with Crippen molar-refractivity contribution in [1.82, 2.24) is 10.6 Å². The summed E-state index contributed by atoms with van der Waals surface area (Å²) in [6, 6.07) is 12.6. The molecule has 1 heterocycles. The highest BCUT2D eigenvalue weighted by Crippen LogP contribution is 2.18. The lowest BCUT2D eigenvalue weighted by molar-refractivity contribution is -0.129. The SMILES string of the molecule is NCCCC[C@@H](N)C(=O)N[C@@H](Cc1ccccc1)C(=O)NCCc1ccc(CCCN)s1. The van der Waals surface area contributed by atoms with Crippen molar-refractivity contribution in [2.45, 2.75) is 57.0 Å². The van der Waals surface area contributed by atoms with Gasteiger partial charge in [0.2, 0.25) is 11.8 Å². The number of unbranched alkanes of at least 4 members (excludes halogenated alkanes) is 1. The fourth-order valence-electron chi connectivity index (χ4n) is 3.38. The fraction of sp³-hybridized carbons (Fsp3) is 0.500. The molecule has 7 nitrogen and oxygen atoms in total. The first-order chi connectivity index (χ1) is 15.5. The van der Waals surface area contributed by atoms with Crippen LogP contribution in [0.2, 0.25) is 0 Å². The number of hydrogen-bond donors (Lipinski definition) is 5. The van der Waals surface area contributed by atoms with Crippen LogP contribution < -0.4 is 27.8 Å². The topological polar surface area (TPSA) is 136 Å². The molecule has 0 bridgehead atoms. The van der Waals surface area contributed by atoms with E-state index in [-0.39, 0.29) is 11.8 Å². The van der Waals surface area contributed by atoms with Crippen LogP contribution in [0.25, 0.3) is 0 Å². The predicted octanol–water partition coefficient (Wildman–Crippen LogP) is 1.48. The largest absolute Gasteiger partial charge is 0.354 e. The zero-order chi connectivity index (χ0) is 23.2. The van der Waals surface area contributed by atoms with Crippen LogP contribution in [0.4, 0.5) is 0 Å². The Morgan fingerprint density at radius 1 is 0.875 bits per heavy atom. The number of rotatable bonds is 15. The van der Waals surface area contributed by atoms with Crippen molar-refractivity contribution in [3.05, 3.63) is 57.8 Å². The van der Waals surface area contributed by atoms with E-state index in [1.165, 1.54) is 9.75 Å². The average molecular weight is 460 g/mol. The lowest BCUT2D eigenvalue weighted by Crippen LogP contribution is -2.52. The predicted molar refractivity (Wildman–Crippen MR) is 131 cm³/mol. The number of nitrogens with two attached hydrogens (primary N) is 3. The summed E-state index contributed by atoms with van der Waals surface area (Å²) in [6.45, 7) is 1.78. The number of aryl methyl sites for hydroxylation is 1. The number of thiophene rings is 1. The zero-order valence-electron chi connectivity index (χ0n) is 18.7. The summed E-state index contributed by atoms with van der Waals surface area (Å²) in [4.78, 5) is 28.0. The van der Waals surface area contributed by atoms with E-state index in [9.17, 15) is 9.59 Å². The van der Waals surface area contributed by atoms with Gasteiger partial charge in [-0.3, -0.25) is 9.59 Å². The molecule has 8 heteroatoms. The molecule has 2 amide bonds. The Kier molecular flexibility index (Phi) is 12.0. The van der Waals surface area contributed by atoms with Gasteiger partial charge in [0, 0.05) is 22.7 Å². The maximum atomic E-state index is 12.9. The minimum absolute atomic E-state index is 0.198. The lowest BCUT2D eigenvalue weighted by Gasteiger charge is -2.21. The summed E-state index contributed by atoms with van der Waals surface area (Å²) in [5.74, 6) is -0.503. The van der Waals surface area contributed by atoms with Crippen molar-refractivity contribution >= 4 is 23.2 Å². The number of carbonyl (C=O) groups excluding carboxylic acids is 2. The molecule has 1 aromatic heterocycles. The van der Waals surface area contributed by atoms with Crippen molar-refractivity contribution in [3.63, 3.8) is 0 Å². The van der Waals surface area contributed by atoms with Crippen molar-refractivity contribution in [2.75, 3.05) is 19.6 Å². The standard InChI is InChI=1S/C24H37N5O2S/c25-14-5-4-10-21(27)23(30)29-22(17-18-7-2-1-3-8-18)24(31)28-16-13-20-12-11-19(32-20)9-6-15-26/h1-3,7-8,11-12,21-22H,4-6,9-10,13-17,25-27H2,(H,28,31)(H,29,30)/t21-,22+/m1/s1. The van der Waals surface area contributed by atoms with Gasteiger partial charge in [-0.2, -0.15) is 0 Å². The number of amides is 2. The molecule has 2 aromatic rings. The molecule has 0 saturated carbocycles. The highest BCUT2D eigenvalue weighted by molar-refractivity contribution is 7.11. The molecule has 32 heavy (non-hydrogen) atoms. The van der Waals surface area contributed by atoms with Gasteiger partial charge in [-0.25, -0.2) is 0 Å². The number of nitrogens with one attached hydrogen (secondary N) is 2. The molecular weight excluding hydrogens is 422 g/mol. The first-order valence-corrected chi connectivity index (χ1v) is 12.2. The second-order valence-electron chi connectivity index (χ2n) is 7.94. The Bertz CT molecular complexity index is 812. The number of benzene rings is 1. The van der Waals surface area contributed by atoms with Crippen LogP contribution in [0.3, 0.4) is 0 Å². The van der Waals surface area contributed by atoms with Gasteiger partial charge in [0.05, 0.1) is 6.04 Å². The van der Waals surface area contributed by atoms with Gasteiger partial charge >= 0.3 is 0 Å². The summed E-state index contributed by atoms with van der Waals surface area (Å²) in [7, 11) is 0. The molecular formula is C24H37N5O2S. The number of carbonyl (C=O) groups is 2. The third-order valence-corrected chi connectivity index (χ3v) is 6.44. The van der Waals surface area contributed by atoms with Crippen molar-refractivity contribution in [2.24, 2.45) is 17.2 Å². The van der Waals surface area contributed by atoms with E-state index in [1.807, 2.05) is 30.3 Å². The molecule has 2 atom stereocenters. The Morgan fingerprint density at radius 2 is 1.56 bits per heavy atom. The van der Waals surface area contributed by atoms with Crippen LogP contribution >= 0.6 is 11.3 Å². The van der Waals surface area contributed by atoms with Crippen molar-refractivity contribution < 1.29 is 9.59 Å². The zero-order valence-corrected chi connectivity index (χ0v) is 19.5. The quantitative estimate of drug-likeness (QED) is 0.257. The fourth-order valence-corrected chi connectivity index (χ4v) is 4.44. The van der Waals surface area contributed by atoms with E-state index >= 15 is 0 Å². The molecule has 0 aliphatic carbocycles. The maximum Gasteiger partial charge on any atom is 0.242 e. The molecule has 0 fully saturated rings. The Hall–Kier alpha value is -2.26. The van der Waals surface area contributed by atoms with E-state index in [0.29, 0.717) is 32.5 Å². The molecule has 0 aliphatic rings. The van der Waals surface area contributed by atoms with E-state index in [0.717, 1.165) is 37.7 Å². The lowest BCUT2D eigenvalue weighted by atomic mass is 10.0. The Labute approximate surface area is 195 Å². The minimum Gasteiger partial charge on any atom is -0.354 e. The van der Waals surface area contributed by atoms with Gasteiger partial charge in [0.25, 0.3) is 0 Å². The minimum atomic E-state index is -0.672. The molecule has 176 valence electrons. The summed E-state index contributed by atoms with van der Waals surface area (Å²) in [5, 5.41) is 5.83. The molecule has 0 unspecified atom stereocenters. The molecule has 8 N–H and O–H groups in total. The monoisotopic (exact) mass is 459 g/mol. The highest BCUT2D eigenvalue weighted by atomic mass is 32.1. The van der Waals surface area contributed by atoms with Crippen LogP contribution in [0.15, 0.2) is 42.5 Å². The first kappa shape index (κ1) is 26.0. The van der Waals surface area contributed by atoms with E-state index < -0.39 is 12.1 Å². The van der Waals surface area contributed by atoms with Crippen LogP contribution in [0, 0.1) is 0 Å². The first-order valence-electron chi connectivity index (χ1n) is 11.4. The van der Waals surface area contributed by atoms with Gasteiger partial charge in [-0.05, 0) is 62.9 Å². The molecule has 0 aliphatic heterocycles. The summed E-state index contributed by atoms with van der Waals surface area (Å²) in [6.07, 6.45) is 5.30. The summed E-state index contributed by atoms with van der Waals surface area (Å²) >= 11 is 1.76. The van der Waals surface area contributed by atoms with Gasteiger partial charge in [-0.15, -0.1) is 11.3 Å². The third kappa shape index (κ3) is 9.48. The molecule has 2 rings (SSSR count). The highest BCUT2D eigenvalue weighted by Gasteiger charge is 2.23. The van der Waals surface area contributed by atoms with Crippen LogP contribution in [-0.4, -0.2) is 43.5 Å². The normalized spacial score (nSPS) is 12.8. The summed E-state index contributed by atoms with van der Waals surface area (Å²) < 4.78 is 0. The van der Waals surface area contributed by atoms with E-state index in [2.05, 4.69) is 22.8 Å². The van der Waals surface area contributed by atoms with Gasteiger partial charge < -0.3 is 27.8 Å². The van der Waals surface area contributed by atoms with Gasteiger partial charge in [-0.1, -0.05) is 36.8 Å². The van der Waals surface area contributed by atoms with Crippen molar-refractivity contribution in [3.8, 4) is 0 Å². The Balaban J connectivity index is 1.91. The summed E-state index contributed by atoms with van der Waals surface area (Å²) in [5.41, 5.74) is 18.1. The van der Waals surface area contributed by atoms with Crippen molar-refractivity contribution in [1.29, 1.82) is 0 Å². The molecule has 1 aromatic carbocycles.